The summed E-state index contributed by atoms with van der Waals surface area (Å²) < 4.78 is 0. The summed E-state index contributed by atoms with van der Waals surface area (Å²) in [6, 6.07) is 4.29. The minimum absolute atomic E-state index is 0.164. The normalized spacial score (nSPS) is 46.8. The van der Waals surface area contributed by atoms with Gasteiger partial charge >= 0.3 is 0 Å². The highest BCUT2D eigenvalue weighted by molar-refractivity contribution is 5.75. The highest BCUT2D eigenvalue weighted by Gasteiger charge is 2.62. The molecular weight excluding hydrogens is 358 g/mol. The highest BCUT2D eigenvalue weighted by atomic mass is 16.3. The van der Waals surface area contributed by atoms with Crippen molar-refractivity contribution in [2.24, 2.45) is 34.5 Å². The summed E-state index contributed by atoms with van der Waals surface area (Å²) in [5, 5.41) is 21.7. The maximum Gasteiger partial charge on any atom is 0.0577 e. The molecule has 0 aromatic carbocycles. The van der Waals surface area contributed by atoms with E-state index in [0.29, 0.717) is 23.7 Å². The van der Waals surface area contributed by atoms with Gasteiger partial charge in [0.25, 0.3) is 0 Å². The van der Waals surface area contributed by atoms with Gasteiger partial charge < -0.3 is 10.2 Å². The van der Waals surface area contributed by atoms with Crippen molar-refractivity contribution >= 4 is 5.57 Å². The summed E-state index contributed by atoms with van der Waals surface area (Å²) >= 11 is 0. The van der Waals surface area contributed by atoms with Crippen molar-refractivity contribution in [3.8, 4) is 0 Å². The van der Waals surface area contributed by atoms with E-state index >= 15 is 0 Å². The summed E-state index contributed by atoms with van der Waals surface area (Å²) in [5.41, 5.74) is 4.82. The number of hydrogen-bond donors (Lipinski definition) is 2. The molecule has 5 rings (SSSR count). The Kier molecular flexibility index (Phi) is 4.71. The van der Waals surface area contributed by atoms with Crippen LogP contribution in [-0.2, 0) is 0 Å². The Bertz CT molecular complexity index is 804. The van der Waals surface area contributed by atoms with E-state index in [0.717, 1.165) is 38.5 Å². The van der Waals surface area contributed by atoms with Crippen molar-refractivity contribution in [1.29, 1.82) is 0 Å². The van der Waals surface area contributed by atoms with Gasteiger partial charge in [-0.05, 0) is 110 Å². The zero-order chi connectivity index (χ0) is 20.4. The number of nitrogens with zero attached hydrogens (tertiary/aromatic N) is 1. The van der Waals surface area contributed by atoms with Crippen molar-refractivity contribution < 1.29 is 10.2 Å². The average Bonchev–Trinajstić information content (AvgIpc) is 3.02. The van der Waals surface area contributed by atoms with Crippen molar-refractivity contribution in [3.63, 3.8) is 0 Å². The molecule has 8 unspecified atom stereocenters. The molecule has 1 aromatic rings. The third-order valence-corrected chi connectivity index (χ3v) is 9.90. The van der Waals surface area contributed by atoms with E-state index in [-0.39, 0.29) is 23.0 Å². The molecular formula is C26H37NO2. The Labute approximate surface area is 175 Å². The van der Waals surface area contributed by atoms with E-state index in [1.165, 1.54) is 29.6 Å². The fourth-order valence-electron chi connectivity index (χ4n) is 8.60. The molecule has 1 aromatic heterocycles. The molecule has 2 N–H and O–H groups in total. The van der Waals surface area contributed by atoms with Crippen LogP contribution in [-0.4, -0.2) is 27.4 Å². The number of hydrogen-bond acceptors (Lipinski definition) is 3. The van der Waals surface area contributed by atoms with E-state index in [2.05, 4.69) is 37.9 Å². The van der Waals surface area contributed by atoms with Crippen LogP contribution in [0.4, 0.5) is 0 Å². The molecule has 0 amide bonds. The smallest absolute Gasteiger partial charge is 0.0577 e. The van der Waals surface area contributed by atoms with Crippen molar-refractivity contribution in [3.05, 3.63) is 35.7 Å². The molecule has 8 atom stereocenters. The second-order valence-corrected chi connectivity index (χ2v) is 10.9. The van der Waals surface area contributed by atoms with Crippen LogP contribution in [0.25, 0.3) is 5.57 Å². The van der Waals surface area contributed by atoms with Crippen LogP contribution in [0.3, 0.4) is 0 Å². The monoisotopic (exact) mass is 395 g/mol. The van der Waals surface area contributed by atoms with Crippen molar-refractivity contribution in [2.45, 2.75) is 84.3 Å². The molecule has 3 heteroatoms. The van der Waals surface area contributed by atoms with Crippen LogP contribution in [0.15, 0.2) is 30.1 Å². The van der Waals surface area contributed by atoms with Gasteiger partial charge in [-0.15, -0.1) is 0 Å². The fraction of sp³-hybridized carbons (Fsp3) is 0.731. The molecule has 3 fully saturated rings. The Hall–Kier alpha value is -1.19. The number of fused-ring (bicyclic) bond motifs is 5. The molecule has 4 aliphatic rings. The standard InChI is InChI=1S/C26H37NO2/c1-4-26-10-8-20-23(22(29)14-18-13-19(28)7-9-25(18,20)3)21(26)12-16(2)24(26)17-6-5-11-27-15-17/h5-6,11,15,18-23,28-29H,4,7-10,12-14H2,1-3H3. The number of pyridine rings is 1. The summed E-state index contributed by atoms with van der Waals surface area (Å²) in [5.74, 6) is 2.00. The first kappa shape index (κ1) is 19.8. The largest absolute Gasteiger partial charge is 0.393 e. The summed E-state index contributed by atoms with van der Waals surface area (Å²) in [6.07, 6.45) is 12.1. The zero-order valence-corrected chi connectivity index (χ0v) is 18.3. The molecule has 0 aliphatic heterocycles. The van der Waals surface area contributed by atoms with Crippen LogP contribution in [0.5, 0.6) is 0 Å². The quantitative estimate of drug-likeness (QED) is 0.721. The van der Waals surface area contributed by atoms with E-state index in [1.807, 2.05) is 12.4 Å². The molecule has 3 nitrogen and oxygen atoms in total. The van der Waals surface area contributed by atoms with Gasteiger partial charge in [0, 0.05) is 12.4 Å². The Balaban J connectivity index is 1.54. The average molecular weight is 396 g/mol. The molecule has 0 spiro atoms. The highest BCUT2D eigenvalue weighted by Crippen LogP contribution is 2.69. The van der Waals surface area contributed by atoms with Crippen LogP contribution in [0.1, 0.15) is 77.7 Å². The summed E-state index contributed by atoms with van der Waals surface area (Å²) in [7, 11) is 0. The van der Waals surface area contributed by atoms with E-state index in [4.69, 9.17) is 0 Å². The molecule has 3 saturated carbocycles. The lowest BCUT2D eigenvalue weighted by molar-refractivity contribution is -0.166. The van der Waals surface area contributed by atoms with E-state index < -0.39 is 0 Å². The number of aromatic nitrogens is 1. The van der Waals surface area contributed by atoms with Crippen molar-refractivity contribution in [1.82, 2.24) is 4.98 Å². The van der Waals surface area contributed by atoms with Crippen LogP contribution in [0.2, 0.25) is 0 Å². The van der Waals surface area contributed by atoms with Gasteiger partial charge in [-0.1, -0.05) is 25.5 Å². The van der Waals surface area contributed by atoms with Gasteiger partial charge in [-0.25, -0.2) is 0 Å². The first-order valence-corrected chi connectivity index (χ1v) is 11.9. The number of aliphatic hydroxyl groups is 2. The Morgan fingerprint density at radius 1 is 1.14 bits per heavy atom. The van der Waals surface area contributed by atoms with Gasteiger partial charge in [0.1, 0.15) is 0 Å². The second-order valence-electron chi connectivity index (χ2n) is 10.9. The number of allylic oxidation sites excluding steroid dienone is 2. The molecule has 0 bridgehead atoms. The molecule has 29 heavy (non-hydrogen) atoms. The topological polar surface area (TPSA) is 53.4 Å². The minimum atomic E-state index is -0.222. The fourth-order valence-corrected chi connectivity index (χ4v) is 8.60. The van der Waals surface area contributed by atoms with E-state index in [1.54, 1.807) is 0 Å². The van der Waals surface area contributed by atoms with Gasteiger partial charge in [-0.3, -0.25) is 4.98 Å². The second kappa shape index (κ2) is 6.92. The molecule has 0 radical (unpaired) electrons. The number of rotatable bonds is 2. The van der Waals surface area contributed by atoms with Gasteiger partial charge in [0.15, 0.2) is 0 Å². The van der Waals surface area contributed by atoms with Crippen LogP contribution in [0, 0.1) is 34.5 Å². The molecule has 1 heterocycles. The molecule has 4 aliphatic carbocycles. The lowest BCUT2D eigenvalue weighted by atomic mass is 9.43. The Morgan fingerprint density at radius 2 is 1.97 bits per heavy atom. The maximum atomic E-state index is 11.4. The van der Waals surface area contributed by atoms with Gasteiger partial charge in [0.2, 0.25) is 0 Å². The van der Waals surface area contributed by atoms with E-state index in [9.17, 15) is 10.2 Å². The molecule has 0 saturated heterocycles. The summed E-state index contributed by atoms with van der Waals surface area (Å²) in [4.78, 5) is 4.43. The predicted molar refractivity (Wildman–Crippen MR) is 116 cm³/mol. The van der Waals surface area contributed by atoms with Gasteiger partial charge in [-0.2, -0.15) is 0 Å². The predicted octanol–water partition coefficient (Wildman–Crippen LogP) is 5.23. The first-order chi connectivity index (χ1) is 13.9. The number of aliphatic hydroxyl groups excluding tert-OH is 2. The third kappa shape index (κ3) is 2.73. The maximum absolute atomic E-state index is 11.4. The zero-order valence-electron chi connectivity index (χ0n) is 18.3. The third-order valence-electron chi connectivity index (χ3n) is 9.90. The molecule has 158 valence electrons. The lowest BCUT2D eigenvalue weighted by Gasteiger charge is -2.62. The first-order valence-electron chi connectivity index (χ1n) is 11.9. The van der Waals surface area contributed by atoms with Crippen LogP contribution >= 0.6 is 0 Å². The SMILES string of the molecule is CCC12CCC3C(C(O)CC4CC(O)CCC43C)C1CC(C)=C2c1cccnc1. The van der Waals surface area contributed by atoms with Crippen molar-refractivity contribution in [2.75, 3.05) is 0 Å². The Morgan fingerprint density at radius 3 is 2.69 bits per heavy atom. The van der Waals surface area contributed by atoms with Crippen LogP contribution < -0.4 is 0 Å². The lowest BCUT2D eigenvalue weighted by Crippen LogP contribution is -2.58. The van der Waals surface area contributed by atoms with Gasteiger partial charge in [0.05, 0.1) is 12.2 Å². The minimum Gasteiger partial charge on any atom is -0.393 e. The summed E-state index contributed by atoms with van der Waals surface area (Å²) in [6.45, 7) is 7.17.